The maximum absolute atomic E-state index is 5.43. The summed E-state index contributed by atoms with van der Waals surface area (Å²) in [4.78, 5) is 0. The van der Waals surface area contributed by atoms with E-state index in [-0.39, 0.29) is 0 Å². The maximum Gasteiger partial charge on any atom is 0.0666 e. The molecule has 0 spiro atoms. The predicted octanol–water partition coefficient (Wildman–Crippen LogP) is 1.92. The fraction of sp³-hybridized carbons (Fsp3) is 0.778. The van der Waals surface area contributed by atoms with Crippen LogP contribution in [-0.4, -0.2) is 23.7 Å². The molecule has 1 aliphatic heterocycles. The Morgan fingerprint density at radius 2 is 2.45 bits per heavy atom. The lowest BCUT2D eigenvalue weighted by Crippen LogP contribution is -2.13. The van der Waals surface area contributed by atoms with Gasteiger partial charge in [0.25, 0.3) is 0 Å². The van der Waals surface area contributed by atoms with Gasteiger partial charge in [-0.1, -0.05) is 5.92 Å². The molecule has 0 aromatic heterocycles. The Labute approximate surface area is 72.9 Å². The zero-order chi connectivity index (χ0) is 8.10. The summed E-state index contributed by atoms with van der Waals surface area (Å²) in [6, 6.07) is 0. The lowest BCUT2D eigenvalue weighted by Gasteiger charge is -2.10. The van der Waals surface area contributed by atoms with Gasteiger partial charge in [-0.2, -0.15) is 0 Å². The fourth-order valence-electron chi connectivity index (χ4n) is 1.15. The summed E-state index contributed by atoms with van der Waals surface area (Å²) in [7, 11) is 0. The Balaban J connectivity index is 2.18. The first-order valence-corrected chi connectivity index (χ1v) is 5.02. The highest BCUT2D eigenvalue weighted by atomic mass is 32.2. The minimum absolute atomic E-state index is 0.429. The third kappa shape index (κ3) is 2.76. The van der Waals surface area contributed by atoms with Crippen LogP contribution < -0.4 is 0 Å². The van der Waals surface area contributed by atoms with Crippen LogP contribution in [0.3, 0.4) is 0 Å². The molecule has 0 amide bonds. The summed E-state index contributed by atoms with van der Waals surface area (Å²) >= 11 is 1.92. The lowest BCUT2D eigenvalue weighted by molar-refractivity contribution is 0.127. The number of ether oxygens (including phenoxy) is 1. The highest BCUT2D eigenvalue weighted by Crippen LogP contribution is 2.25. The van der Waals surface area contributed by atoms with E-state index in [0.717, 1.165) is 12.4 Å². The Morgan fingerprint density at radius 1 is 1.64 bits per heavy atom. The third-order valence-electron chi connectivity index (χ3n) is 1.85. The number of rotatable bonds is 2. The molecule has 11 heavy (non-hydrogen) atoms. The van der Waals surface area contributed by atoms with Crippen LogP contribution in [-0.2, 0) is 4.74 Å². The highest BCUT2D eigenvalue weighted by molar-refractivity contribution is 8.00. The molecule has 0 saturated carbocycles. The predicted molar refractivity (Wildman–Crippen MR) is 49.7 cm³/mol. The topological polar surface area (TPSA) is 9.23 Å². The third-order valence-corrected chi connectivity index (χ3v) is 3.21. The van der Waals surface area contributed by atoms with E-state index in [0.29, 0.717) is 11.4 Å². The van der Waals surface area contributed by atoms with Crippen molar-refractivity contribution in [2.24, 2.45) is 0 Å². The molecule has 0 N–H and O–H groups in total. The summed E-state index contributed by atoms with van der Waals surface area (Å²) in [5, 5.41) is 0.677. The molecule has 0 aromatic rings. The van der Waals surface area contributed by atoms with Crippen LogP contribution in [0.2, 0.25) is 0 Å². The second-order valence-electron chi connectivity index (χ2n) is 2.64. The van der Waals surface area contributed by atoms with Crippen molar-refractivity contribution in [2.45, 2.75) is 31.6 Å². The SMILES string of the molecule is CC#CCSC1CCOC1C. The van der Waals surface area contributed by atoms with Gasteiger partial charge in [-0.25, -0.2) is 0 Å². The molecule has 0 aliphatic carbocycles. The summed E-state index contributed by atoms with van der Waals surface area (Å²) in [5.74, 6) is 6.90. The van der Waals surface area contributed by atoms with Gasteiger partial charge >= 0.3 is 0 Å². The van der Waals surface area contributed by atoms with Crippen LogP contribution in [0.15, 0.2) is 0 Å². The van der Waals surface area contributed by atoms with Gasteiger partial charge in [-0.15, -0.1) is 17.7 Å². The molecule has 1 fully saturated rings. The van der Waals surface area contributed by atoms with Crippen molar-refractivity contribution >= 4 is 11.8 Å². The minimum Gasteiger partial charge on any atom is -0.377 e. The van der Waals surface area contributed by atoms with E-state index in [9.17, 15) is 0 Å². The van der Waals surface area contributed by atoms with Gasteiger partial charge in [-0.3, -0.25) is 0 Å². The summed E-state index contributed by atoms with van der Waals surface area (Å²) in [6.45, 7) is 4.96. The van der Waals surface area contributed by atoms with Crippen molar-refractivity contribution in [3.8, 4) is 11.8 Å². The van der Waals surface area contributed by atoms with Crippen LogP contribution in [0.25, 0.3) is 0 Å². The Morgan fingerprint density at radius 3 is 3.00 bits per heavy atom. The Bertz CT molecular complexity index is 168. The largest absolute Gasteiger partial charge is 0.377 e. The van der Waals surface area contributed by atoms with E-state index >= 15 is 0 Å². The van der Waals surface area contributed by atoms with Gasteiger partial charge in [0.15, 0.2) is 0 Å². The normalized spacial score (nSPS) is 29.6. The first-order valence-electron chi connectivity index (χ1n) is 3.97. The molecule has 0 radical (unpaired) electrons. The van der Waals surface area contributed by atoms with Crippen molar-refractivity contribution in [2.75, 3.05) is 12.4 Å². The number of hydrogen-bond acceptors (Lipinski definition) is 2. The zero-order valence-electron chi connectivity index (χ0n) is 7.09. The maximum atomic E-state index is 5.43. The minimum atomic E-state index is 0.429. The molecule has 62 valence electrons. The second kappa shape index (κ2) is 4.69. The molecule has 2 unspecified atom stereocenters. The average Bonchev–Trinajstić information content (AvgIpc) is 2.37. The van der Waals surface area contributed by atoms with Gasteiger partial charge in [0.1, 0.15) is 0 Å². The fourth-order valence-corrected chi connectivity index (χ4v) is 2.21. The first-order chi connectivity index (χ1) is 5.34. The van der Waals surface area contributed by atoms with Crippen LogP contribution >= 0.6 is 11.8 Å². The summed E-state index contributed by atoms with van der Waals surface area (Å²) in [6.07, 6.45) is 1.62. The second-order valence-corrected chi connectivity index (χ2v) is 3.87. The quantitative estimate of drug-likeness (QED) is 0.586. The van der Waals surface area contributed by atoms with Gasteiger partial charge in [0.2, 0.25) is 0 Å². The van der Waals surface area contributed by atoms with Gasteiger partial charge < -0.3 is 4.74 Å². The molecular weight excluding hydrogens is 156 g/mol. The molecule has 1 nitrogen and oxygen atoms in total. The van der Waals surface area contributed by atoms with Crippen molar-refractivity contribution in [3.63, 3.8) is 0 Å². The van der Waals surface area contributed by atoms with Crippen molar-refractivity contribution in [3.05, 3.63) is 0 Å². The van der Waals surface area contributed by atoms with Crippen LogP contribution in [0.4, 0.5) is 0 Å². The van der Waals surface area contributed by atoms with E-state index in [1.165, 1.54) is 6.42 Å². The molecule has 0 aromatic carbocycles. The molecule has 2 atom stereocenters. The van der Waals surface area contributed by atoms with E-state index in [1.807, 2.05) is 18.7 Å². The van der Waals surface area contributed by atoms with Crippen molar-refractivity contribution < 1.29 is 4.74 Å². The number of hydrogen-bond donors (Lipinski definition) is 0. The molecule has 1 rings (SSSR count). The molecule has 1 saturated heterocycles. The summed E-state index contributed by atoms with van der Waals surface area (Å²) < 4.78 is 5.43. The van der Waals surface area contributed by atoms with Gasteiger partial charge in [-0.05, 0) is 20.3 Å². The van der Waals surface area contributed by atoms with Crippen LogP contribution in [0.1, 0.15) is 20.3 Å². The van der Waals surface area contributed by atoms with E-state index in [2.05, 4.69) is 18.8 Å². The zero-order valence-corrected chi connectivity index (χ0v) is 7.91. The van der Waals surface area contributed by atoms with E-state index < -0.39 is 0 Å². The molecule has 2 heteroatoms. The van der Waals surface area contributed by atoms with Crippen molar-refractivity contribution in [1.82, 2.24) is 0 Å². The lowest BCUT2D eigenvalue weighted by atomic mass is 10.3. The molecule has 1 aliphatic rings. The standard InChI is InChI=1S/C9H14OS/c1-3-4-7-11-9-5-6-10-8(9)2/h8-9H,5-7H2,1-2H3. The average molecular weight is 170 g/mol. The van der Waals surface area contributed by atoms with Crippen LogP contribution in [0.5, 0.6) is 0 Å². The van der Waals surface area contributed by atoms with E-state index in [1.54, 1.807) is 0 Å². The first kappa shape index (κ1) is 8.96. The van der Waals surface area contributed by atoms with Crippen molar-refractivity contribution in [1.29, 1.82) is 0 Å². The van der Waals surface area contributed by atoms with Gasteiger partial charge in [0.05, 0.1) is 11.9 Å². The summed E-state index contributed by atoms with van der Waals surface area (Å²) in [5.41, 5.74) is 0. The highest BCUT2D eigenvalue weighted by Gasteiger charge is 2.23. The molecule has 1 heterocycles. The number of thioether (sulfide) groups is 1. The molecular formula is C9H14OS. The smallest absolute Gasteiger partial charge is 0.0666 e. The van der Waals surface area contributed by atoms with E-state index in [4.69, 9.17) is 4.74 Å². The Hall–Kier alpha value is -0.130. The monoisotopic (exact) mass is 170 g/mol. The Kier molecular flexibility index (Phi) is 3.82. The molecule has 0 bridgehead atoms. The van der Waals surface area contributed by atoms with Crippen LogP contribution in [0, 0.1) is 11.8 Å². The van der Waals surface area contributed by atoms with Gasteiger partial charge in [0, 0.05) is 11.9 Å².